The van der Waals surface area contributed by atoms with Crippen molar-refractivity contribution >= 4 is 9.84 Å². The fourth-order valence-electron chi connectivity index (χ4n) is 1.12. The molecule has 0 amide bonds. The zero-order valence-corrected chi connectivity index (χ0v) is 9.32. The Morgan fingerprint density at radius 2 is 1.67 bits per heavy atom. The van der Waals surface area contributed by atoms with Crippen molar-refractivity contribution in [1.82, 2.24) is 0 Å². The molecule has 0 N–H and O–H groups in total. The van der Waals surface area contributed by atoms with E-state index in [9.17, 15) is 8.42 Å². The summed E-state index contributed by atoms with van der Waals surface area (Å²) < 4.78 is 23.1. The van der Waals surface area contributed by atoms with Gasteiger partial charge in [-0.1, -0.05) is 19.8 Å². The zero-order valence-electron chi connectivity index (χ0n) is 8.50. The molecule has 0 heterocycles. The quantitative estimate of drug-likeness (QED) is 0.670. The summed E-state index contributed by atoms with van der Waals surface area (Å²) in [5.41, 5.74) is 0. The lowest BCUT2D eigenvalue weighted by atomic mass is 10.2. The Kier molecular flexibility index (Phi) is 4.83. The van der Waals surface area contributed by atoms with Gasteiger partial charge in [0.25, 0.3) is 0 Å². The molecule has 0 aliphatic rings. The summed E-state index contributed by atoms with van der Waals surface area (Å²) in [5, 5.41) is -0.401. The molecule has 1 unspecified atom stereocenters. The molecule has 0 bridgehead atoms. The predicted octanol–water partition coefficient (Wildman–Crippen LogP) is 2.39. The van der Waals surface area contributed by atoms with Crippen LogP contribution in [0.3, 0.4) is 0 Å². The normalized spacial score (nSPS) is 15.1. The van der Waals surface area contributed by atoms with Gasteiger partial charge < -0.3 is 0 Å². The summed E-state index contributed by atoms with van der Waals surface area (Å²) in [6.45, 7) is 7.38. The molecule has 0 aliphatic carbocycles. The number of hydrogen-bond donors (Lipinski definition) is 0. The Hall–Kier alpha value is -0.0500. The van der Waals surface area contributed by atoms with Gasteiger partial charge in [-0.3, -0.25) is 0 Å². The van der Waals surface area contributed by atoms with Crippen LogP contribution >= 0.6 is 0 Å². The van der Waals surface area contributed by atoms with Crippen LogP contribution in [-0.4, -0.2) is 18.9 Å². The third kappa shape index (κ3) is 3.13. The minimum atomic E-state index is -2.85. The Balaban J connectivity index is 4.17. The average molecular weight is 192 g/mol. The largest absolute Gasteiger partial charge is 0.228 e. The maximum atomic E-state index is 11.5. The highest BCUT2D eigenvalue weighted by atomic mass is 32.2. The lowest BCUT2D eigenvalue weighted by molar-refractivity contribution is 0.563. The molecule has 0 aromatic heterocycles. The summed E-state index contributed by atoms with van der Waals surface area (Å²) in [5.74, 6) is 0. The van der Waals surface area contributed by atoms with Crippen molar-refractivity contribution in [3.63, 3.8) is 0 Å². The van der Waals surface area contributed by atoms with E-state index in [0.717, 1.165) is 19.3 Å². The van der Waals surface area contributed by atoms with Crippen LogP contribution in [-0.2, 0) is 9.84 Å². The summed E-state index contributed by atoms with van der Waals surface area (Å²) in [6, 6.07) is 0. The van der Waals surface area contributed by atoms with Crippen molar-refractivity contribution in [2.45, 2.75) is 57.5 Å². The maximum Gasteiger partial charge on any atom is 0.155 e. The van der Waals surface area contributed by atoms with Crippen molar-refractivity contribution < 1.29 is 8.42 Å². The van der Waals surface area contributed by atoms with Crippen molar-refractivity contribution in [3.05, 3.63) is 0 Å². The second kappa shape index (κ2) is 4.85. The highest BCUT2D eigenvalue weighted by Crippen LogP contribution is 2.14. The first-order valence-electron chi connectivity index (χ1n) is 4.65. The standard InChI is InChI=1S/C9H20O2S/c1-5-6-7-9(4)12(10,11)8(2)3/h8-9H,5-7H2,1-4H3. The van der Waals surface area contributed by atoms with Gasteiger partial charge in [0.1, 0.15) is 0 Å². The van der Waals surface area contributed by atoms with E-state index in [-0.39, 0.29) is 10.5 Å². The first-order chi connectivity index (χ1) is 5.42. The molecule has 0 aliphatic heterocycles. The molecule has 0 saturated carbocycles. The van der Waals surface area contributed by atoms with E-state index < -0.39 is 9.84 Å². The summed E-state index contributed by atoms with van der Waals surface area (Å²) in [4.78, 5) is 0. The number of rotatable bonds is 5. The molecular weight excluding hydrogens is 172 g/mol. The number of hydrogen-bond acceptors (Lipinski definition) is 2. The third-order valence-electron chi connectivity index (χ3n) is 2.18. The fraction of sp³-hybridized carbons (Fsp3) is 1.00. The van der Waals surface area contributed by atoms with Crippen LogP contribution in [0.25, 0.3) is 0 Å². The summed E-state index contributed by atoms with van der Waals surface area (Å²) >= 11 is 0. The molecule has 0 fully saturated rings. The van der Waals surface area contributed by atoms with Gasteiger partial charge in [-0.05, 0) is 27.2 Å². The van der Waals surface area contributed by atoms with E-state index in [1.807, 2.05) is 6.92 Å². The molecule has 0 aromatic rings. The minimum absolute atomic E-state index is 0.169. The van der Waals surface area contributed by atoms with E-state index in [4.69, 9.17) is 0 Å². The van der Waals surface area contributed by atoms with Crippen LogP contribution in [0.5, 0.6) is 0 Å². The molecule has 0 radical (unpaired) electrons. The van der Waals surface area contributed by atoms with Gasteiger partial charge >= 0.3 is 0 Å². The van der Waals surface area contributed by atoms with Crippen LogP contribution in [0.2, 0.25) is 0 Å². The smallest absolute Gasteiger partial charge is 0.155 e. The highest BCUT2D eigenvalue weighted by Gasteiger charge is 2.23. The van der Waals surface area contributed by atoms with Gasteiger partial charge in [-0.2, -0.15) is 0 Å². The van der Waals surface area contributed by atoms with Crippen LogP contribution < -0.4 is 0 Å². The second-order valence-electron chi connectivity index (χ2n) is 3.59. The lowest BCUT2D eigenvalue weighted by Gasteiger charge is -2.14. The van der Waals surface area contributed by atoms with Gasteiger partial charge in [0.2, 0.25) is 0 Å². The van der Waals surface area contributed by atoms with Crippen molar-refractivity contribution in [2.75, 3.05) is 0 Å². The Labute approximate surface area is 76.3 Å². The third-order valence-corrected chi connectivity index (χ3v) is 4.85. The van der Waals surface area contributed by atoms with Gasteiger partial charge in [0, 0.05) is 0 Å². The van der Waals surface area contributed by atoms with Gasteiger partial charge in [-0.25, -0.2) is 8.42 Å². The van der Waals surface area contributed by atoms with Crippen LogP contribution in [0.15, 0.2) is 0 Å². The van der Waals surface area contributed by atoms with Crippen molar-refractivity contribution in [3.8, 4) is 0 Å². The molecule has 0 aromatic carbocycles. The van der Waals surface area contributed by atoms with E-state index in [0.29, 0.717) is 0 Å². The molecule has 74 valence electrons. The monoisotopic (exact) mass is 192 g/mol. The Morgan fingerprint density at radius 3 is 2.00 bits per heavy atom. The maximum absolute atomic E-state index is 11.5. The molecular formula is C9H20O2S. The molecule has 0 saturated heterocycles. The molecule has 2 nitrogen and oxygen atoms in total. The minimum Gasteiger partial charge on any atom is -0.228 e. The molecule has 1 atom stereocenters. The first kappa shape index (κ1) is 11.9. The number of sulfone groups is 1. The van der Waals surface area contributed by atoms with Gasteiger partial charge in [-0.15, -0.1) is 0 Å². The Morgan fingerprint density at radius 1 is 1.17 bits per heavy atom. The average Bonchev–Trinajstić information content (AvgIpc) is 1.99. The molecule has 3 heteroatoms. The zero-order chi connectivity index (χ0) is 9.78. The second-order valence-corrected chi connectivity index (χ2v) is 6.52. The molecule has 12 heavy (non-hydrogen) atoms. The lowest BCUT2D eigenvalue weighted by Crippen LogP contribution is -2.25. The SMILES string of the molecule is CCCCC(C)S(=O)(=O)C(C)C. The van der Waals surface area contributed by atoms with Crippen molar-refractivity contribution in [1.29, 1.82) is 0 Å². The molecule has 0 spiro atoms. The van der Waals surface area contributed by atoms with Crippen LogP contribution in [0.1, 0.15) is 47.0 Å². The topological polar surface area (TPSA) is 34.1 Å². The van der Waals surface area contributed by atoms with Gasteiger partial charge in [0.15, 0.2) is 9.84 Å². The number of unbranched alkanes of at least 4 members (excludes halogenated alkanes) is 1. The fourth-order valence-corrected chi connectivity index (χ4v) is 2.54. The van der Waals surface area contributed by atoms with E-state index in [2.05, 4.69) is 6.92 Å². The van der Waals surface area contributed by atoms with Crippen molar-refractivity contribution in [2.24, 2.45) is 0 Å². The Bertz CT molecular complexity index is 205. The van der Waals surface area contributed by atoms with E-state index in [1.165, 1.54) is 0 Å². The summed E-state index contributed by atoms with van der Waals surface area (Å²) in [7, 11) is -2.85. The van der Waals surface area contributed by atoms with Crippen LogP contribution in [0, 0.1) is 0 Å². The highest BCUT2D eigenvalue weighted by molar-refractivity contribution is 7.92. The molecule has 0 rings (SSSR count). The van der Waals surface area contributed by atoms with Crippen LogP contribution in [0.4, 0.5) is 0 Å². The van der Waals surface area contributed by atoms with Gasteiger partial charge in [0.05, 0.1) is 10.5 Å². The first-order valence-corrected chi connectivity index (χ1v) is 6.26. The van der Waals surface area contributed by atoms with E-state index in [1.54, 1.807) is 13.8 Å². The van der Waals surface area contributed by atoms with E-state index >= 15 is 0 Å². The predicted molar refractivity (Wildman–Crippen MR) is 53.0 cm³/mol. The summed E-state index contributed by atoms with van der Waals surface area (Å²) in [6.07, 6.45) is 2.88.